The Balaban J connectivity index is 2.08. The molecule has 6 heteroatoms. The molecule has 106 valence electrons. The Bertz CT molecular complexity index is 416. The van der Waals surface area contributed by atoms with Gasteiger partial charge in [0.15, 0.2) is 0 Å². The monoisotopic (exact) mass is 284 g/mol. The summed E-state index contributed by atoms with van der Waals surface area (Å²) in [5.74, 6) is 1.20. The minimum absolute atomic E-state index is 0.171. The van der Waals surface area contributed by atoms with Crippen molar-refractivity contribution in [3.05, 3.63) is 5.28 Å². The van der Waals surface area contributed by atoms with E-state index in [9.17, 15) is 0 Å². The van der Waals surface area contributed by atoms with Crippen LogP contribution in [0.3, 0.4) is 0 Å². The molecule has 2 atom stereocenters. The average molecular weight is 285 g/mol. The molecule has 1 saturated carbocycles. The van der Waals surface area contributed by atoms with Gasteiger partial charge in [-0.05, 0) is 37.3 Å². The van der Waals surface area contributed by atoms with Crippen molar-refractivity contribution in [1.29, 1.82) is 0 Å². The Kier molecular flexibility index (Phi) is 5.19. The van der Waals surface area contributed by atoms with Gasteiger partial charge >= 0.3 is 6.01 Å². The molecule has 2 unspecified atom stereocenters. The highest BCUT2D eigenvalue weighted by Gasteiger charge is 2.24. The van der Waals surface area contributed by atoms with Crippen molar-refractivity contribution in [3.8, 4) is 6.01 Å². The number of anilines is 1. The van der Waals surface area contributed by atoms with Crippen LogP contribution in [-0.4, -0.2) is 27.6 Å². The van der Waals surface area contributed by atoms with E-state index in [1.54, 1.807) is 0 Å². The molecule has 2 rings (SSSR count). The van der Waals surface area contributed by atoms with Crippen LogP contribution in [0.2, 0.25) is 5.28 Å². The first-order valence-corrected chi connectivity index (χ1v) is 7.41. The van der Waals surface area contributed by atoms with Crippen LogP contribution in [0.4, 0.5) is 5.95 Å². The largest absolute Gasteiger partial charge is 0.464 e. The number of rotatable bonds is 5. The molecule has 0 aliphatic heterocycles. The van der Waals surface area contributed by atoms with Crippen molar-refractivity contribution in [2.24, 2.45) is 5.92 Å². The van der Waals surface area contributed by atoms with Gasteiger partial charge in [-0.1, -0.05) is 26.2 Å². The lowest BCUT2D eigenvalue weighted by Gasteiger charge is -2.31. The third kappa shape index (κ3) is 3.93. The van der Waals surface area contributed by atoms with Gasteiger partial charge < -0.3 is 10.1 Å². The zero-order valence-electron chi connectivity index (χ0n) is 11.5. The standard InChI is InChI=1S/C13H21ClN4O/c1-3-9-7-5-6-8-10(9)15-12-16-11(14)17-13(18-12)19-4-2/h9-10H,3-8H2,1-2H3,(H,15,16,17,18). The minimum Gasteiger partial charge on any atom is -0.464 e. The van der Waals surface area contributed by atoms with Crippen molar-refractivity contribution in [2.45, 2.75) is 52.0 Å². The maximum absolute atomic E-state index is 5.89. The lowest BCUT2D eigenvalue weighted by atomic mass is 9.83. The molecule has 0 saturated heterocycles. The van der Waals surface area contributed by atoms with Crippen molar-refractivity contribution in [3.63, 3.8) is 0 Å². The summed E-state index contributed by atoms with van der Waals surface area (Å²) in [6.07, 6.45) is 6.18. The maximum Gasteiger partial charge on any atom is 0.322 e. The van der Waals surface area contributed by atoms with Crippen molar-refractivity contribution >= 4 is 17.5 Å². The highest BCUT2D eigenvalue weighted by molar-refractivity contribution is 6.28. The molecule has 19 heavy (non-hydrogen) atoms. The first kappa shape index (κ1) is 14.3. The Labute approximate surface area is 119 Å². The third-order valence-electron chi connectivity index (χ3n) is 3.61. The van der Waals surface area contributed by atoms with Crippen LogP contribution in [0.5, 0.6) is 6.01 Å². The molecular weight excluding hydrogens is 264 g/mol. The molecule has 0 amide bonds. The number of aromatic nitrogens is 3. The summed E-state index contributed by atoms with van der Waals surface area (Å²) < 4.78 is 5.28. The van der Waals surface area contributed by atoms with E-state index in [4.69, 9.17) is 16.3 Å². The van der Waals surface area contributed by atoms with E-state index in [2.05, 4.69) is 27.2 Å². The van der Waals surface area contributed by atoms with Gasteiger partial charge in [0.1, 0.15) is 0 Å². The van der Waals surface area contributed by atoms with E-state index in [0.29, 0.717) is 24.5 Å². The van der Waals surface area contributed by atoms with Crippen LogP contribution in [0.15, 0.2) is 0 Å². The topological polar surface area (TPSA) is 59.9 Å². The van der Waals surface area contributed by atoms with E-state index in [0.717, 1.165) is 6.42 Å². The van der Waals surface area contributed by atoms with Crippen LogP contribution < -0.4 is 10.1 Å². The fourth-order valence-electron chi connectivity index (χ4n) is 2.64. The van der Waals surface area contributed by atoms with Crippen LogP contribution in [0, 0.1) is 5.92 Å². The van der Waals surface area contributed by atoms with Gasteiger partial charge in [-0.3, -0.25) is 0 Å². The summed E-state index contributed by atoms with van der Waals surface area (Å²) in [5, 5.41) is 3.57. The molecular formula is C13H21ClN4O. The van der Waals surface area contributed by atoms with Crippen molar-refractivity contribution in [1.82, 2.24) is 15.0 Å². The number of hydrogen-bond acceptors (Lipinski definition) is 5. The molecule has 0 spiro atoms. The van der Waals surface area contributed by atoms with Gasteiger partial charge in [-0.2, -0.15) is 15.0 Å². The number of hydrogen-bond donors (Lipinski definition) is 1. The second-order valence-electron chi connectivity index (χ2n) is 4.85. The summed E-state index contributed by atoms with van der Waals surface area (Å²) in [4.78, 5) is 12.3. The van der Waals surface area contributed by atoms with Gasteiger partial charge in [-0.15, -0.1) is 0 Å². The van der Waals surface area contributed by atoms with Crippen LogP contribution in [0.25, 0.3) is 0 Å². The molecule has 1 N–H and O–H groups in total. The molecule has 1 aliphatic rings. The lowest BCUT2D eigenvalue weighted by Crippen LogP contribution is -2.32. The predicted octanol–water partition coefficient (Wildman–Crippen LogP) is 3.30. The first-order valence-electron chi connectivity index (χ1n) is 7.03. The Morgan fingerprint density at radius 2 is 2.00 bits per heavy atom. The number of nitrogens with zero attached hydrogens (tertiary/aromatic N) is 3. The molecule has 5 nitrogen and oxygen atoms in total. The SMILES string of the molecule is CCOc1nc(Cl)nc(NC2CCCCC2CC)n1. The average Bonchev–Trinajstić information content (AvgIpc) is 2.39. The number of halogens is 1. The first-order chi connectivity index (χ1) is 9.22. The van der Waals surface area contributed by atoms with Crippen molar-refractivity contribution in [2.75, 3.05) is 11.9 Å². The fourth-order valence-corrected chi connectivity index (χ4v) is 2.79. The van der Waals surface area contributed by atoms with Gasteiger partial charge in [0.25, 0.3) is 0 Å². The van der Waals surface area contributed by atoms with E-state index < -0.39 is 0 Å². The molecule has 1 aromatic heterocycles. The Morgan fingerprint density at radius 1 is 1.21 bits per heavy atom. The zero-order valence-corrected chi connectivity index (χ0v) is 12.3. The third-order valence-corrected chi connectivity index (χ3v) is 3.78. The van der Waals surface area contributed by atoms with Crippen molar-refractivity contribution < 1.29 is 4.74 Å². The second kappa shape index (κ2) is 6.89. The molecule has 1 aliphatic carbocycles. The van der Waals surface area contributed by atoms with E-state index >= 15 is 0 Å². The lowest BCUT2D eigenvalue weighted by molar-refractivity contribution is 0.307. The summed E-state index contributed by atoms with van der Waals surface area (Å²) in [5.41, 5.74) is 0. The van der Waals surface area contributed by atoms with E-state index in [-0.39, 0.29) is 11.3 Å². The smallest absolute Gasteiger partial charge is 0.322 e. The molecule has 0 radical (unpaired) electrons. The summed E-state index contributed by atoms with van der Waals surface area (Å²) >= 11 is 5.89. The van der Waals surface area contributed by atoms with Gasteiger partial charge in [0, 0.05) is 6.04 Å². The normalized spacial score (nSPS) is 23.1. The number of ether oxygens (including phenoxy) is 1. The van der Waals surface area contributed by atoms with E-state index in [1.165, 1.54) is 25.7 Å². The summed E-state index contributed by atoms with van der Waals surface area (Å²) in [7, 11) is 0. The second-order valence-corrected chi connectivity index (χ2v) is 5.19. The van der Waals surface area contributed by atoms with Gasteiger partial charge in [0.2, 0.25) is 11.2 Å². The van der Waals surface area contributed by atoms with E-state index in [1.807, 2.05) is 6.92 Å². The van der Waals surface area contributed by atoms with Crippen LogP contribution in [0.1, 0.15) is 46.0 Å². The number of nitrogens with one attached hydrogen (secondary N) is 1. The highest BCUT2D eigenvalue weighted by Crippen LogP contribution is 2.29. The molecule has 1 aromatic rings. The Morgan fingerprint density at radius 3 is 2.74 bits per heavy atom. The molecule has 1 fully saturated rings. The van der Waals surface area contributed by atoms with Crippen LogP contribution in [-0.2, 0) is 0 Å². The predicted molar refractivity (Wildman–Crippen MR) is 75.7 cm³/mol. The van der Waals surface area contributed by atoms with Gasteiger partial charge in [-0.25, -0.2) is 0 Å². The minimum atomic E-state index is 0.171. The van der Waals surface area contributed by atoms with Gasteiger partial charge in [0.05, 0.1) is 6.61 Å². The fraction of sp³-hybridized carbons (Fsp3) is 0.769. The zero-order chi connectivity index (χ0) is 13.7. The highest BCUT2D eigenvalue weighted by atomic mass is 35.5. The molecule has 0 bridgehead atoms. The molecule has 1 heterocycles. The summed E-state index contributed by atoms with van der Waals surface area (Å²) in [6.45, 7) is 4.64. The molecule has 0 aromatic carbocycles. The van der Waals surface area contributed by atoms with Crippen LogP contribution >= 0.6 is 11.6 Å². The summed E-state index contributed by atoms with van der Waals surface area (Å²) in [6, 6.07) is 0.709. The quantitative estimate of drug-likeness (QED) is 0.899. The Hall–Kier alpha value is -1.10. The maximum atomic E-state index is 5.89.